The molecule has 0 radical (unpaired) electrons. The number of Topliss-reactive ketones (excluding diaryl/α,β-unsaturated/α-hetero) is 2. The lowest BCUT2D eigenvalue weighted by atomic mass is 9.95. The average Bonchev–Trinajstić information content (AvgIpc) is 2.27. The zero-order valence-corrected chi connectivity index (χ0v) is 9.78. The molecule has 0 bridgehead atoms. The van der Waals surface area contributed by atoms with Crippen LogP contribution in [0.3, 0.4) is 0 Å². The predicted octanol–water partition coefficient (Wildman–Crippen LogP) is 1.57. The Bertz CT molecular complexity index is 534. The Morgan fingerprint density at radius 1 is 1.29 bits per heavy atom. The highest BCUT2D eigenvalue weighted by atomic mass is 16.1. The van der Waals surface area contributed by atoms with Crippen molar-refractivity contribution in [2.75, 3.05) is 5.32 Å². The summed E-state index contributed by atoms with van der Waals surface area (Å²) in [6.45, 7) is 2.90. The maximum atomic E-state index is 11.5. The molecule has 3 N–H and O–H groups in total. The van der Waals surface area contributed by atoms with Crippen LogP contribution in [0.15, 0.2) is 24.3 Å². The Morgan fingerprint density at radius 2 is 2.00 bits per heavy atom. The summed E-state index contributed by atoms with van der Waals surface area (Å²) < 4.78 is 0. The van der Waals surface area contributed by atoms with Crippen molar-refractivity contribution in [1.82, 2.24) is 0 Å². The molecule has 4 nitrogen and oxygen atoms in total. The lowest BCUT2D eigenvalue weighted by Gasteiger charge is -2.31. The molecule has 17 heavy (non-hydrogen) atoms. The Hall–Kier alpha value is -1.94. The Kier molecular flexibility index (Phi) is 2.59. The normalized spacial score (nSPS) is 21.6. The fourth-order valence-corrected chi connectivity index (χ4v) is 1.82. The van der Waals surface area contributed by atoms with E-state index in [2.05, 4.69) is 5.32 Å². The van der Waals surface area contributed by atoms with E-state index in [0.29, 0.717) is 11.3 Å². The molecular formula is C13H14N2O2. The number of carbonyl (C=O) groups is 2. The first-order valence-electron chi connectivity index (χ1n) is 5.35. The molecule has 2 rings (SSSR count). The lowest BCUT2D eigenvalue weighted by molar-refractivity contribution is -0.119. The number of hydrogen-bond donors (Lipinski definition) is 2. The number of rotatable bonds is 2. The number of anilines is 1. The summed E-state index contributed by atoms with van der Waals surface area (Å²) in [7, 11) is 0. The molecule has 0 saturated heterocycles. The predicted molar refractivity (Wildman–Crippen MR) is 66.7 cm³/mol. The summed E-state index contributed by atoms with van der Waals surface area (Å²) in [6.07, 6.45) is 3.38. The van der Waals surface area contributed by atoms with Gasteiger partial charge in [-0.25, -0.2) is 0 Å². The molecule has 88 valence electrons. The van der Waals surface area contributed by atoms with Crippen LogP contribution in [-0.4, -0.2) is 17.2 Å². The lowest BCUT2D eigenvalue weighted by Crippen LogP contribution is -2.53. The third kappa shape index (κ3) is 1.87. The number of para-hydroxylation sites is 1. The minimum atomic E-state index is -1.22. The highest BCUT2D eigenvalue weighted by Crippen LogP contribution is 2.30. The molecule has 1 aliphatic heterocycles. The van der Waals surface area contributed by atoms with Crippen molar-refractivity contribution in [3.8, 4) is 0 Å². The molecule has 0 spiro atoms. The molecule has 1 heterocycles. The van der Waals surface area contributed by atoms with Crippen LogP contribution >= 0.6 is 0 Å². The minimum Gasteiger partial charge on any atom is -0.357 e. The maximum absolute atomic E-state index is 11.5. The van der Waals surface area contributed by atoms with E-state index in [1.54, 1.807) is 24.3 Å². The van der Waals surface area contributed by atoms with Crippen molar-refractivity contribution in [1.29, 1.82) is 0 Å². The number of fused-ring (bicyclic) bond motifs is 1. The molecule has 0 aromatic heterocycles. The van der Waals surface area contributed by atoms with Crippen LogP contribution in [0.2, 0.25) is 0 Å². The standard InChI is InChI=1S/C13H14N2O2/c1-8(16)11-5-3-4-10-6-7-13(14,9(2)17)15-12(10)11/h3-7,15H,14H2,1-2H3. The monoisotopic (exact) mass is 230 g/mol. The number of hydrogen-bond acceptors (Lipinski definition) is 4. The van der Waals surface area contributed by atoms with Crippen LogP contribution < -0.4 is 11.1 Å². The van der Waals surface area contributed by atoms with Gasteiger partial charge < -0.3 is 5.32 Å². The van der Waals surface area contributed by atoms with Gasteiger partial charge in [0, 0.05) is 5.56 Å². The molecule has 0 aliphatic carbocycles. The van der Waals surface area contributed by atoms with E-state index in [4.69, 9.17) is 5.73 Å². The van der Waals surface area contributed by atoms with Gasteiger partial charge in [-0.1, -0.05) is 18.2 Å². The minimum absolute atomic E-state index is 0.0597. The molecule has 0 saturated carbocycles. The van der Waals surface area contributed by atoms with Gasteiger partial charge in [0.15, 0.2) is 17.2 Å². The van der Waals surface area contributed by atoms with E-state index >= 15 is 0 Å². The van der Waals surface area contributed by atoms with Crippen LogP contribution in [0.1, 0.15) is 29.8 Å². The van der Waals surface area contributed by atoms with Gasteiger partial charge in [0.25, 0.3) is 0 Å². The third-order valence-electron chi connectivity index (χ3n) is 2.92. The Labute approximate surface area is 99.5 Å². The second kappa shape index (κ2) is 3.82. The van der Waals surface area contributed by atoms with E-state index in [1.807, 2.05) is 6.07 Å². The van der Waals surface area contributed by atoms with E-state index in [1.165, 1.54) is 13.8 Å². The average molecular weight is 230 g/mol. The Balaban J connectivity index is 2.56. The molecule has 0 amide bonds. The summed E-state index contributed by atoms with van der Waals surface area (Å²) in [5, 5.41) is 2.94. The Morgan fingerprint density at radius 3 is 2.59 bits per heavy atom. The van der Waals surface area contributed by atoms with Gasteiger partial charge in [-0.15, -0.1) is 0 Å². The second-order valence-electron chi connectivity index (χ2n) is 4.21. The SMILES string of the molecule is CC(=O)c1cccc2c1NC(N)(C(C)=O)C=C2. The first-order chi connectivity index (χ1) is 7.94. The topological polar surface area (TPSA) is 72.2 Å². The quantitative estimate of drug-likeness (QED) is 0.756. The zero-order chi connectivity index (χ0) is 12.6. The summed E-state index contributed by atoms with van der Waals surface area (Å²) in [6, 6.07) is 5.39. The van der Waals surface area contributed by atoms with Crippen LogP contribution in [0.25, 0.3) is 6.08 Å². The highest BCUT2D eigenvalue weighted by Gasteiger charge is 2.31. The first-order valence-corrected chi connectivity index (χ1v) is 5.35. The van der Waals surface area contributed by atoms with Crippen molar-refractivity contribution >= 4 is 23.3 Å². The van der Waals surface area contributed by atoms with Gasteiger partial charge in [0.1, 0.15) is 0 Å². The number of carbonyl (C=O) groups excluding carboxylic acids is 2. The van der Waals surface area contributed by atoms with Crippen LogP contribution in [-0.2, 0) is 4.79 Å². The molecular weight excluding hydrogens is 216 g/mol. The first kappa shape index (κ1) is 11.5. The van der Waals surface area contributed by atoms with Gasteiger partial charge >= 0.3 is 0 Å². The van der Waals surface area contributed by atoms with Crippen molar-refractivity contribution in [2.45, 2.75) is 19.5 Å². The van der Waals surface area contributed by atoms with Gasteiger partial charge in [0.2, 0.25) is 0 Å². The summed E-state index contributed by atoms with van der Waals surface area (Å²) in [5.74, 6) is -0.256. The molecule has 1 aromatic rings. The highest BCUT2D eigenvalue weighted by molar-refractivity contribution is 6.04. The number of nitrogens with one attached hydrogen (secondary N) is 1. The van der Waals surface area contributed by atoms with Crippen molar-refractivity contribution < 1.29 is 9.59 Å². The number of nitrogens with two attached hydrogens (primary N) is 1. The molecule has 1 unspecified atom stereocenters. The third-order valence-corrected chi connectivity index (χ3v) is 2.92. The number of benzene rings is 1. The van der Waals surface area contributed by atoms with E-state index in [9.17, 15) is 9.59 Å². The molecule has 0 fully saturated rings. The van der Waals surface area contributed by atoms with Crippen LogP contribution in [0.5, 0.6) is 0 Å². The summed E-state index contributed by atoms with van der Waals surface area (Å²) >= 11 is 0. The molecule has 1 aromatic carbocycles. The zero-order valence-electron chi connectivity index (χ0n) is 9.78. The van der Waals surface area contributed by atoms with Gasteiger partial charge in [0.05, 0.1) is 5.69 Å². The van der Waals surface area contributed by atoms with Crippen molar-refractivity contribution in [2.24, 2.45) is 5.73 Å². The molecule has 4 heteroatoms. The van der Waals surface area contributed by atoms with Gasteiger partial charge in [-0.2, -0.15) is 0 Å². The fourth-order valence-electron chi connectivity index (χ4n) is 1.82. The van der Waals surface area contributed by atoms with Crippen LogP contribution in [0.4, 0.5) is 5.69 Å². The summed E-state index contributed by atoms with van der Waals surface area (Å²) in [4.78, 5) is 23.0. The fraction of sp³-hybridized carbons (Fsp3) is 0.231. The molecule has 1 atom stereocenters. The molecule has 1 aliphatic rings. The number of ketones is 2. The van der Waals surface area contributed by atoms with Gasteiger partial charge in [-0.3, -0.25) is 15.3 Å². The summed E-state index contributed by atoms with van der Waals surface area (Å²) in [5.41, 5.74) is 6.73. The van der Waals surface area contributed by atoms with Crippen LogP contribution in [0, 0.1) is 0 Å². The van der Waals surface area contributed by atoms with Gasteiger partial charge in [-0.05, 0) is 31.6 Å². The smallest absolute Gasteiger partial charge is 0.173 e. The maximum Gasteiger partial charge on any atom is 0.173 e. The van der Waals surface area contributed by atoms with E-state index in [0.717, 1.165) is 5.56 Å². The van der Waals surface area contributed by atoms with E-state index in [-0.39, 0.29) is 11.6 Å². The second-order valence-corrected chi connectivity index (χ2v) is 4.21. The largest absolute Gasteiger partial charge is 0.357 e. The van der Waals surface area contributed by atoms with E-state index < -0.39 is 5.66 Å². The van der Waals surface area contributed by atoms with Crippen molar-refractivity contribution in [3.05, 3.63) is 35.4 Å². The van der Waals surface area contributed by atoms with Crippen molar-refractivity contribution in [3.63, 3.8) is 0 Å².